The molecule has 0 radical (unpaired) electrons. The summed E-state index contributed by atoms with van der Waals surface area (Å²) < 4.78 is 6.10. The lowest BCUT2D eigenvalue weighted by atomic mass is 10.2. The van der Waals surface area contributed by atoms with Gasteiger partial charge in [0.05, 0.1) is 5.69 Å². The number of anilines is 1. The second-order valence-electron chi connectivity index (χ2n) is 5.46. The number of likely N-dealkylation sites (N-methyl/N-ethyl adjacent to an activating group) is 1. The Morgan fingerprint density at radius 1 is 1.16 bits per heavy atom. The number of urea groups is 1. The van der Waals surface area contributed by atoms with Crippen molar-refractivity contribution in [3.63, 3.8) is 0 Å². The second kappa shape index (κ2) is 7.94. The Bertz CT molecular complexity index is 851. The van der Waals surface area contributed by atoms with Gasteiger partial charge in [0.2, 0.25) is 0 Å². The third kappa shape index (κ3) is 4.45. The average molecular weight is 401 g/mol. The van der Waals surface area contributed by atoms with Crippen molar-refractivity contribution < 1.29 is 9.32 Å². The van der Waals surface area contributed by atoms with E-state index in [1.807, 2.05) is 54.6 Å². The quantitative estimate of drug-likeness (QED) is 0.696. The highest BCUT2D eigenvalue weighted by Gasteiger charge is 2.13. The van der Waals surface area contributed by atoms with Gasteiger partial charge in [-0.15, -0.1) is 0 Å². The molecule has 6 nitrogen and oxygen atoms in total. The van der Waals surface area contributed by atoms with E-state index in [4.69, 9.17) is 4.52 Å². The molecule has 1 N–H and O–H groups in total. The van der Waals surface area contributed by atoms with Crippen LogP contribution in [-0.4, -0.2) is 34.7 Å². The van der Waals surface area contributed by atoms with Gasteiger partial charge in [0, 0.05) is 30.0 Å². The first-order valence-corrected chi connectivity index (χ1v) is 8.57. The van der Waals surface area contributed by atoms with Crippen molar-refractivity contribution in [1.29, 1.82) is 0 Å². The number of nitrogens with one attached hydrogen (secondary N) is 1. The maximum atomic E-state index is 12.2. The van der Waals surface area contributed by atoms with Gasteiger partial charge in [-0.3, -0.25) is 0 Å². The van der Waals surface area contributed by atoms with Crippen LogP contribution >= 0.6 is 15.9 Å². The van der Waals surface area contributed by atoms with E-state index in [0.717, 1.165) is 15.7 Å². The van der Waals surface area contributed by atoms with Gasteiger partial charge in [0.25, 0.3) is 5.89 Å². The van der Waals surface area contributed by atoms with Gasteiger partial charge in [-0.05, 0) is 40.2 Å². The molecule has 3 aromatic rings. The van der Waals surface area contributed by atoms with Gasteiger partial charge in [0.15, 0.2) is 5.82 Å². The van der Waals surface area contributed by atoms with Crippen molar-refractivity contribution in [3.8, 4) is 11.5 Å². The molecule has 2 amide bonds. The summed E-state index contributed by atoms with van der Waals surface area (Å²) >= 11 is 3.41. The third-order valence-electron chi connectivity index (χ3n) is 3.62. The van der Waals surface area contributed by atoms with Crippen molar-refractivity contribution in [3.05, 3.63) is 64.9 Å². The monoisotopic (exact) mass is 400 g/mol. The molecule has 128 valence electrons. The molecule has 1 heterocycles. The molecule has 3 rings (SSSR count). The zero-order chi connectivity index (χ0) is 17.6. The Morgan fingerprint density at radius 2 is 1.88 bits per heavy atom. The Labute approximate surface area is 154 Å². The van der Waals surface area contributed by atoms with Crippen LogP contribution in [0.3, 0.4) is 0 Å². The molecule has 0 saturated carbocycles. The molecule has 25 heavy (non-hydrogen) atoms. The number of benzene rings is 2. The SMILES string of the molecule is CN(CCc1noc(-c2ccccc2)n1)C(=O)Nc1ccccc1Br. The lowest BCUT2D eigenvalue weighted by molar-refractivity contribution is 0.222. The van der Waals surface area contributed by atoms with Crippen LogP contribution in [0.15, 0.2) is 63.6 Å². The molecule has 0 bridgehead atoms. The van der Waals surface area contributed by atoms with E-state index in [0.29, 0.717) is 24.7 Å². The number of carbonyl (C=O) groups excluding carboxylic acids is 1. The Kier molecular flexibility index (Phi) is 5.45. The van der Waals surface area contributed by atoms with Gasteiger partial charge in [-0.2, -0.15) is 4.98 Å². The van der Waals surface area contributed by atoms with Gasteiger partial charge in [-0.1, -0.05) is 35.5 Å². The lowest BCUT2D eigenvalue weighted by Crippen LogP contribution is -2.33. The van der Waals surface area contributed by atoms with Crippen molar-refractivity contribution >= 4 is 27.6 Å². The first kappa shape index (κ1) is 17.2. The van der Waals surface area contributed by atoms with Crippen molar-refractivity contribution in [2.45, 2.75) is 6.42 Å². The predicted molar refractivity (Wildman–Crippen MR) is 99.2 cm³/mol. The standard InChI is InChI=1S/C18H17BrN4O2/c1-23(18(24)20-15-10-6-5-9-14(15)19)12-11-16-21-17(25-22-16)13-7-3-2-4-8-13/h2-10H,11-12H2,1H3,(H,20,24). The smallest absolute Gasteiger partial charge is 0.321 e. The number of aromatic nitrogens is 2. The molecular weight excluding hydrogens is 384 g/mol. The van der Waals surface area contributed by atoms with Crippen LogP contribution < -0.4 is 5.32 Å². The van der Waals surface area contributed by atoms with Gasteiger partial charge < -0.3 is 14.7 Å². The molecule has 0 fully saturated rings. The van der Waals surface area contributed by atoms with Crippen LogP contribution in [0, 0.1) is 0 Å². The summed E-state index contributed by atoms with van der Waals surface area (Å²) in [6.45, 7) is 0.476. The lowest BCUT2D eigenvalue weighted by Gasteiger charge is -2.17. The van der Waals surface area contributed by atoms with Crippen molar-refractivity contribution in [2.24, 2.45) is 0 Å². The molecule has 0 unspecified atom stereocenters. The minimum Gasteiger partial charge on any atom is -0.334 e. The van der Waals surface area contributed by atoms with E-state index in [2.05, 4.69) is 31.4 Å². The molecule has 0 atom stereocenters. The first-order chi connectivity index (χ1) is 12.1. The maximum absolute atomic E-state index is 12.2. The number of hydrogen-bond acceptors (Lipinski definition) is 4. The fourth-order valence-electron chi connectivity index (χ4n) is 2.20. The zero-order valence-corrected chi connectivity index (χ0v) is 15.2. The topological polar surface area (TPSA) is 71.3 Å². The molecular formula is C18H17BrN4O2. The molecule has 1 aromatic heterocycles. The molecule has 2 aromatic carbocycles. The summed E-state index contributed by atoms with van der Waals surface area (Å²) in [6, 6.07) is 16.9. The van der Waals surface area contributed by atoms with E-state index in [-0.39, 0.29) is 6.03 Å². The summed E-state index contributed by atoms with van der Waals surface area (Å²) in [7, 11) is 1.73. The van der Waals surface area contributed by atoms with Crippen LogP contribution in [0.25, 0.3) is 11.5 Å². The number of hydrogen-bond donors (Lipinski definition) is 1. The highest BCUT2D eigenvalue weighted by Crippen LogP contribution is 2.21. The fourth-order valence-corrected chi connectivity index (χ4v) is 2.58. The Hall–Kier alpha value is -2.67. The summed E-state index contributed by atoms with van der Waals surface area (Å²) in [5.74, 6) is 1.05. The van der Waals surface area contributed by atoms with Crippen LogP contribution in [0.4, 0.5) is 10.5 Å². The molecule has 0 saturated heterocycles. The highest BCUT2D eigenvalue weighted by atomic mass is 79.9. The van der Waals surface area contributed by atoms with Gasteiger partial charge >= 0.3 is 6.03 Å². The van der Waals surface area contributed by atoms with Crippen molar-refractivity contribution in [1.82, 2.24) is 15.0 Å². The Morgan fingerprint density at radius 3 is 2.64 bits per heavy atom. The summed E-state index contributed by atoms with van der Waals surface area (Å²) in [6.07, 6.45) is 0.510. The predicted octanol–water partition coefficient (Wildman–Crippen LogP) is 4.21. The largest absolute Gasteiger partial charge is 0.334 e. The number of nitrogens with zero attached hydrogens (tertiary/aromatic N) is 3. The van der Waals surface area contributed by atoms with E-state index < -0.39 is 0 Å². The third-order valence-corrected chi connectivity index (χ3v) is 4.31. The van der Waals surface area contributed by atoms with Crippen LogP contribution in [-0.2, 0) is 6.42 Å². The number of halogens is 1. The van der Waals surface area contributed by atoms with Crippen LogP contribution in [0.2, 0.25) is 0 Å². The molecule has 0 aliphatic rings. The minimum absolute atomic E-state index is 0.196. The number of rotatable bonds is 5. The van der Waals surface area contributed by atoms with Gasteiger partial charge in [-0.25, -0.2) is 4.79 Å². The molecule has 0 spiro atoms. The minimum atomic E-state index is -0.196. The maximum Gasteiger partial charge on any atom is 0.321 e. The van der Waals surface area contributed by atoms with Gasteiger partial charge in [0.1, 0.15) is 0 Å². The molecule has 0 aliphatic carbocycles. The summed E-state index contributed by atoms with van der Waals surface area (Å²) in [4.78, 5) is 18.2. The number of amides is 2. The van der Waals surface area contributed by atoms with E-state index in [1.54, 1.807) is 11.9 Å². The highest BCUT2D eigenvalue weighted by molar-refractivity contribution is 9.10. The van der Waals surface area contributed by atoms with Crippen molar-refractivity contribution in [2.75, 3.05) is 18.9 Å². The van der Waals surface area contributed by atoms with Crippen LogP contribution in [0.1, 0.15) is 5.82 Å². The normalized spacial score (nSPS) is 10.5. The second-order valence-corrected chi connectivity index (χ2v) is 6.32. The summed E-state index contributed by atoms with van der Waals surface area (Å²) in [5, 5.41) is 6.82. The molecule has 7 heteroatoms. The van der Waals surface area contributed by atoms with Crippen LogP contribution in [0.5, 0.6) is 0 Å². The fraction of sp³-hybridized carbons (Fsp3) is 0.167. The van der Waals surface area contributed by atoms with E-state index in [9.17, 15) is 4.79 Å². The number of carbonyl (C=O) groups is 1. The Balaban J connectivity index is 1.55. The first-order valence-electron chi connectivity index (χ1n) is 7.78. The average Bonchev–Trinajstić information content (AvgIpc) is 3.11. The zero-order valence-electron chi connectivity index (χ0n) is 13.6. The summed E-state index contributed by atoms with van der Waals surface area (Å²) in [5.41, 5.74) is 1.60. The van der Waals surface area contributed by atoms with E-state index >= 15 is 0 Å². The number of para-hydroxylation sites is 1. The molecule has 0 aliphatic heterocycles. The van der Waals surface area contributed by atoms with E-state index in [1.165, 1.54) is 0 Å².